The average molecular weight is 590 g/mol. The van der Waals surface area contributed by atoms with Gasteiger partial charge in [-0.25, -0.2) is 9.78 Å². The van der Waals surface area contributed by atoms with E-state index in [2.05, 4.69) is 14.7 Å². The van der Waals surface area contributed by atoms with Gasteiger partial charge < -0.3 is 28.9 Å². The normalized spacial score (nSPS) is 16.0. The summed E-state index contributed by atoms with van der Waals surface area (Å²) in [5, 5.41) is 10.7. The lowest BCUT2D eigenvalue weighted by molar-refractivity contribution is 0.0695. The maximum absolute atomic E-state index is 12.9. The van der Waals surface area contributed by atoms with E-state index in [1.807, 2.05) is 36.4 Å². The third-order valence-electron chi connectivity index (χ3n) is 8.10. The summed E-state index contributed by atoms with van der Waals surface area (Å²) in [5.74, 6) is -0.534. The highest BCUT2D eigenvalue weighted by atomic mass is 32.1. The molecule has 0 saturated carbocycles. The summed E-state index contributed by atoms with van der Waals surface area (Å²) in [6.45, 7) is 7.35. The maximum atomic E-state index is 12.9. The van der Waals surface area contributed by atoms with Crippen molar-refractivity contribution in [1.29, 1.82) is 0 Å². The summed E-state index contributed by atoms with van der Waals surface area (Å²) in [5.41, 5.74) is 3.19. The van der Waals surface area contributed by atoms with Crippen LogP contribution in [0.2, 0.25) is 0 Å². The van der Waals surface area contributed by atoms with Crippen LogP contribution in [0.4, 0.5) is 10.8 Å². The Morgan fingerprint density at radius 2 is 1.76 bits per heavy atom. The minimum absolute atomic E-state index is 0.282. The van der Waals surface area contributed by atoms with Crippen molar-refractivity contribution in [3.05, 3.63) is 64.4 Å². The number of ether oxygens (including phenoxy) is 2. The standard InChI is InChI=1S/C31H35N5O5S/c1-40-16-15-33-11-13-35(14-12-33)31-32-24-7-6-22(18-29(24)42-31)36-20-23(30(38)39)27(37)19-26(36)21-5-8-25(28(17-21)41-2)34-9-3-4-10-34/h5-8,17-20H,3-4,9-16H2,1-2H3,(H,38,39). The summed E-state index contributed by atoms with van der Waals surface area (Å²) >= 11 is 1.62. The molecule has 0 radical (unpaired) electrons. The molecule has 2 saturated heterocycles. The number of piperazine rings is 1. The zero-order chi connectivity index (χ0) is 29.2. The number of hydrogen-bond donors (Lipinski definition) is 1. The molecule has 2 aliphatic heterocycles. The molecule has 220 valence electrons. The molecule has 0 spiro atoms. The van der Waals surface area contributed by atoms with Gasteiger partial charge >= 0.3 is 5.97 Å². The summed E-state index contributed by atoms with van der Waals surface area (Å²) in [6, 6.07) is 13.2. The fourth-order valence-electron chi connectivity index (χ4n) is 5.76. The van der Waals surface area contributed by atoms with E-state index in [9.17, 15) is 14.7 Å². The minimum atomic E-state index is -1.26. The van der Waals surface area contributed by atoms with Crippen LogP contribution in [-0.2, 0) is 4.74 Å². The van der Waals surface area contributed by atoms with E-state index in [1.165, 1.54) is 12.3 Å². The largest absolute Gasteiger partial charge is 0.495 e. The first-order valence-corrected chi connectivity index (χ1v) is 15.1. The second kappa shape index (κ2) is 12.1. The van der Waals surface area contributed by atoms with Crippen molar-refractivity contribution in [3.8, 4) is 22.7 Å². The lowest BCUT2D eigenvalue weighted by atomic mass is 10.1. The maximum Gasteiger partial charge on any atom is 0.341 e. The third-order valence-corrected chi connectivity index (χ3v) is 9.18. The van der Waals surface area contributed by atoms with Crippen LogP contribution in [0.3, 0.4) is 0 Å². The zero-order valence-electron chi connectivity index (χ0n) is 23.9. The third kappa shape index (κ3) is 5.59. The van der Waals surface area contributed by atoms with E-state index in [1.54, 1.807) is 30.1 Å². The fourth-order valence-corrected chi connectivity index (χ4v) is 6.81. The predicted molar refractivity (Wildman–Crippen MR) is 166 cm³/mol. The van der Waals surface area contributed by atoms with Crippen molar-refractivity contribution in [2.45, 2.75) is 12.8 Å². The SMILES string of the molecule is COCCN1CCN(c2nc3ccc(-n4cc(C(=O)O)c(=O)cc4-c4ccc(N5CCCC5)c(OC)c4)cc3s2)CC1. The van der Waals surface area contributed by atoms with Gasteiger partial charge in [-0.15, -0.1) is 0 Å². The minimum Gasteiger partial charge on any atom is -0.495 e. The van der Waals surface area contributed by atoms with Crippen LogP contribution in [0.25, 0.3) is 27.2 Å². The van der Waals surface area contributed by atoms with Gasteiger partial charge in [-0.1, -0.05) is 17.4 Å². The van der Waals surface area contributed by atoms with E-state index in [0.29, 0.717) is 5.69 Å². The molecule has 42 heavy (non-hydrogen) atoms. The van der Waals surface area contributed by atoms with Gasteiger partial charge in [0.05, 0.1) is 35.3 Å². The number of methoxy groups -OCH3 is 2. The number of aromatic carboxylic acids is 1. The number of nitrogens with zero attached hydrogens (tertiary/aromatic N) is 5. The highest BCUT2D eigenvalue weighted by molar-refractivity contribution is 7.22. The Morgan fingerprint density at radius 3 is 2.48 bits per heavy atom. The summed E-state index contributed by atoms with van der Waals surface area (Å²) in [4.78, 5) is 36.8. The number of thiazole rings is 1. The quantitative estimate of drug-likeness (QED) is 0.308. The van der Waals surface area contributed by atoms with Gasteiger partial charge in [-0.3, -0.25) is 9.69 Å². The Kier molecular flexibility index (Phi) is 8.14. The van der Waals surface area contributed by atoms with E-state index < -0.39 is 11.4 Å². The molecule has 0 aliphatic carbocycles. The lowest BCUT2D eigenvalue weighted by Gasteiger charge is -2.34. The molecule has 10 nitrogen and oxygen atoms in total. The van der Waals surface area contributed by atoms with Crippen molar-refractivity contribution in [2.24, 2.45) is 0 Å². The average Bonchev–Trinajstić information content (AvgIpc) is 3.70. The molecule has 2 aromatic carbocycles. The summed E-state index contributed by atoms with van der Waals surface area (Å²) < 4.78 is 13.8. The van der Waals surface area contributed by atoms with Crippen molar-refractivity contribution in [1.82, 2.24) is 14.5 Å². The van der Waals surface area contributed by atoms with Crippen LogP contribution < -0.4 is 20.0 Å². The number of hydrogen-bond acceptors (Lipinski definition) is 9. The van der Waals surface area contributed by atoms with Crippen molar-refractivity contribution < 1.29 is 19.4 Å². The van der Waals surface area contributed by atoms with Gasteiger partial charge in [-0.2, -0.15) is 0 Å². The lowest BCUT2D eigenvalue weighted by Crippen LogP contribution is -2.47. The topological polar surface area (TPSA) is 100 Å². The van der Waals surface area contributed by atoms with Gasteiger partial charge in [0.25, 0.3) is 0 Å². The molecule has 2 fully saturated rings. The van der Waals surface area contributed by atoms with E-state index in [-0.39, 0.29) is 5.56 Å². The number of rotatable bonds is 9. The first kappa shape index (κ1) is 28.2. The summed E-state index contributed by atoms with van der Waals surface area (Å²) in [7, 11) is 3.38. The molecule has 4 aromatic rings. The van der Waals surface area contributed by atoms with E-state index in [0.717, 1.165) is 103 Å². The van der Waals surface area contributed by atoms with Crippen LogP contribution in [0.1, 0.15) is 23.2 Å². The molecule has 0 atom stereocenters. The first-order chi connectivity index (χ1) is 20.4. The number of benzene rings is 2. The van der Waals surface area contributed by atoms with Gasteiger partial charge in [0.15, 0.2) is 10.6 Å². The monoisotopic (exact) mass is 589 g/mol. The molecular formula is C31H35N5O5S. The Balaban J connectivity index is 1.36. The molecule has 2 aromatic heterocycles. The number of aromatic nitrogens is 2. The molecule has 0 amide bonds. The smallest absolute Gasteiger partial charge is 0.341 e. The highest BCUT2D eigenvalue weighted by Crippen LogP contribution is 2.36. The number of carbonyl (C=O) groups is 1. The number of pyridine rings is 1. The summed E-state index contributed by atoms with van der Waals surface area (Å²) in [6.07, 6.45) is 3.71. The van der Waals surface area contributed by atoms with Crippen LogP contribution in [0.15, 0.2) is 53.5 Å². The molecule has 2 aliphatic rings. The van der Waals surface area contributed by atoms with E-state index in [4.69, 9.17) is 14.5 Å². The molecule has 6 rings (SSSR count). The molecule has 0 bridgehead atoms. The number of fused-ring (bicyclic) bond motifs is 1. The van der Waals surface area contributed by atoms with E-state index >= 15 is 0 Å². The predicted octanol–water partition coefficient (Wildman–Crippen LogP) is 4.19. The molecule has 0 unspecified atom stereocenters. The first-order valence-electron chi connectivity index (χ1n) is 14.3. The van der Waals surface area contributed by atoms with Crippen LogP contribution in [0, 0.1) is 0 Å². The van der Waals surface area contributed by atoms with Gasteiger partial charge in [-0.05, 0) is 43.2 Å². The number of anilines is 2. The van der Waals surface area contributed by atoms with Crippen LogP contribution >= 0.6 is 11.3 Å². The van der Waals surface area contributed by atoms with Gasteiger partial charge in [0.1, 0.15) is 11.3 Å². The molecule has 4 heterocycles. The second-order valence-corrected chi connectivity index (χ2v) is 11.7. The Labute approximate surface area is 248 Å². The van der Waals surface area contributed by atoms with Crippen LogP contribution in [0.5, 0.6) is 5.75 Å². The number of carboxylic acid groups (broad SMARTS) is 1. The van der Waals surface area contributed by atoms with Crippen molar-refractivity contribution in [2.75, 3.05) is 76.4 Å². The fraction of sp³-hybridized carbons (Fsp3) is 0.387. The molecule has 1 N–H and O–H groups in total. The highest BCUT2D eigenvalue weighted by Gasteiger charge is 2.22. The Bertz CT molecular complexity index is 1650. The van der Waals surface area contributed by atoms with Crippen LogP contribution in [-0.4, -0.2) is 92.2 Å². The second-order valence-electron chi connectivity index (χ2n) is 10.7. The van der Waals surface area contributed by atoms with Gasteiger partial charge in [0, 0.05) is 76.4 Å². The Hall–Kier alpha value is -3.93. The zero-order valence-corrected chi connectivity index (χ0v) is 24.7. The molecular weight excluding hydrogens is 554 g/mol. The molecule has 11 heteroatoms. The van der Waals surface area contributed by atoms with Crippen molar-refractivity contribution >= 4 is 38.3 Å². The van der Waals surface area contributed by atoms with Crippen molar-refractivity contribution in [3.63, 3.8) is 0 Å². The number of carboxylic acids is 1. The van der Waals surface area contributed by atoms with Gasteiger partial charge in [0.2, 0.25) is 0 Å². The Morgan fingerprint density at radius 1 is 0.976 bits per heavy atom.